The van der Waals surface area contributed by atoms with Crippen molar-refractivity contribution >= 4 is 0 Å². The molecule has 1 aliphatic rings. The fourth-order valence-corrected chi connectivity index (χ4v) is 2.37. The summed E-state index contributed by atoms with van der Waals surface area (Å²) in [4.78, 5) is 6.97. The Bertz CT molecular complexity index is 350. The highest BCUT2D eigenvalue weighted by Crippen LogP contribution is 2.28. The number of nitrogens with zero attached hydrogens (tertiary/aromatic N) is 2. The van der Waals surface area contributed by atoms with Crippen molar-refractivity contribution in [1.29, 1.82) is 0 Å². The van der Waals surface area contributed by atoms with Gasteiger partial charge >= 0.3 is 0 Å². The molecule has 0 aromatic carbocycles. The van der Waals surface area contributed by atoms with E-state index in [1.54, 1.807) is 0 Å². The highest BCUT2D eigenvalue weighted by Gasteiger charge is 2.25. The summed E-state index contributed by atoms with van der Waals surface area (Å²) in [6, 6.07) is 0.819. The molecule has 0 amide bonds. The predicted octanol–water partition coefficient (Wildman–Crippen LogP) is 1.98. The van der Waals surface area contributed by atoms with E-state index >= 15 is 0 Å². The van der Waals surface area contributed by atoms with Gasteiger partial charge in [-0.25, -0.2) is 4.98 Å². The fourth-order valence-electron chi connectivity index (χ4n) is 2.37. The molecule has 96 valence electrons. The van der Waals surface area contributed by atoms with Crippen LogP contribution in [0.1, 0.15) is 43.8 Å². The predicted molar refractivity (Wildman–Crippen MR) is 68.0 cm³/mol. The summed E-state index contributed by atoms with van der Waals surface area (Å²) in [6.07, 6.45) is 6.47. The molecule has 2 rings (SSSR count). The summed E-state index contributed by atoms with van der Waals surface area (Å²) in [5.74, 6) is 0.894. The van der Waals surface area contributed by atoms with E-state index in [-0.39, 0.29) is 0 Å². The lowest BCUT2D eigenvalue weighted by Gasteiger charge is -2.29. The molecule has 4 heteroatoms. The number of hydrogen-bond acceptors (Lipinski definition) is 4. The van der Waals surface area contributed by atoms with Gasteiger partial charge < -0.3 is 9.73 Å². The lowest BCUT2D eigenvalue weighted by molar-refractivity contribution is 0.159. The number of oxazole rings is 1. The monoisotopic (exact) mass is 237 g/mol. The first-order chi connectivity index (χ1) is 8.20. The van der Waals surface area contributed by atoms with Crippen LogP contribution in [0.3, 0.4) is 0 Å². The molecular weight excluding hydrogens is 214 g/mol. The second-order valence-electron chi connectivity index (χ2n) is 5.06. The van der Waals surface area contributed by atoms with E-state index in [0.717, 1.165) is 31.0 Å². The summed E-state index contributed by atoms with van der Waals surface area (Å²) in [5.41, 5.74) is 1.06. The van der Waals surface area contributed by atoms with Crippen molar-refractivity contribution in [1.82, 2.24) is 15.2 Å². The molecule has 0 spiro atoms. The van der Waals surface area contributed by atoms with Gasteiger partial charge in [-0.3, -0.25) is 4.90 Å². The number of likely N-dealkylation sites (N-methyl/N-ethyl adjacent to an activating group) is 1. The first-order valence-corrected chi connectivity index (χ1v) is 6.52. The van der Waals surface area contributed by atoms with Crippen molar-refractivity contribution in [3.63, 3.8) is 0 Å². The van der Waals surface area contributed by atoms with E-state index in [2.05, 4.69) is 29.2 Å². The van der Waals surface area contributed by atoms with Crippen molar-refractivity contribution in [2.45, 2.75) is 44.7 Å². The normalized spacial score (nSPS) is 23.8. The van der Waals surface area contributed by atoms with E-state index in [1.165, 1.54) is 12.8 Å². The van der Waals surface area contributed by atoms with Gasteiger partial charge in [-0.1, -0.05) is 6.42 Å². The van der Waals surface area contributed by atoms with Crippen molar-refractivity contribution in [3.8, 4) is 0 Å². The average molecular weight is 237 g/mol. The van der Waals surface area contributed by atoms with Gasteiger partial charge in [-0.15, -0.1) is 0 Å². The topological polar surface area (TPSA) is 41.3 Å². The van der Waals surface area contributed by atoms with Crippen LogP contribution < -0.4 is 5.32 Å². The molecule has 2 heterocycles. The van der Waals surface area contributed by atoms with E-state index < -0.39 is 0 Å². The minimum Gasteiger partial charge on any atom is -0.447 e. The average Bonchev–Trinajstić information content (AvgIpc) is 2.78. The Morgan fingerprint density at radius 2 is 2.41 bits per heavy atom. The third-order valence-corrected chi connectivity index (χ3v) is 3.63. The van der Waals surface area contributed by atoms with Gasteiger partial charge in [0.05, 0.1) is 11.7 Å². The van der Waals surface area contributed by atoms with E-state index in [9.17, 15) is 0 Å². The highest BCUT2D eigenvalue weighted by atomic mass is 16.3. The smallest absolute Gasteiger partial charge is 0.211 e. The fraction of sp³-hybridized carbons (Fsp3) is 0.769. The molecular formula is C13H23N3O. The van der Waals surface area contributed by atoms with Gasteiger partial charge in [0, 0.05) is 12.5 Å². The number of piperidine rings is 1. The first-order valence-electron chi connectivity index (χ1n) is 6.52. The zero-order valence-corrected chi connectivity index (χ0v) is 11.1. The van der Waals surface area contributed by atoms with E-state index in [1.807, 2.05) is 13.3 Å². The van der Waals surface area contributed by atoms with Crippen LogP contribution in [0.5, 0.6) is 0 Å². The van der Waals surface area contributed by atoms with Crippen LogP contribution in [0.25, 0.3) is 0 Å². The van der Waals surface area contributed by atoms with Gasteiger partial charge in [0.1, 0.15) is 6.26 Å². The number of aromatic nitrogens is 1. The summed E-state index contributed by atoms with van der Waals surface area (Å²) in [6.45, 7) is 3.30. The molecule has 1 aliphatic heterocycles. The van der Waals surface area contributed by atoms with Gasteiger partial charge in [0.2, 0.25) is 5.89 Å². The molecule has 1 aromatic heterocycles. The zero-order chi connectivity index (χ0) is 12.3. The van der Waals surface area contributed by atoms with Gasteiger partial charge in [0.15, 0.2) is 0 Å². The van der Waals surface area contributed by atoms with Crippen LogP contribution in [0.4, 0.5) is 0 Å². The number of nitrogens with one attached hydrogen (secondary N) is 1. The number of likely N-dealkylation sites (tertiary alicyclic amines) is 1. The lowest BCUT2D eigenvalue weighted by Crippen LogP contribution is -2.29. The third-order valence-electron chi connectivity index (χ3n) is 3.63. The van der Waals surface area contributed by atoms with Crippen molar-refractivity contribution < 1.29 is 4.42 Å². The first kappa shape index (κ1) is 12.6. The molecule has 0 aliphatic carbocycles. The molecule has 2 unspecified atom stereocenters. The lowest BCUT2D eigenvalue weighted by atomic mass is 10.0. The molecule has 1 saturated heterocycles. The Morgan fingerprint density at radius 1 is 1.59 bits per heavy atom. The van der Waals surface area contributed by atoms with Crippen molar-refractivity contribution in [3.05, 3.63) is 17.8 Å². The third kappa shape index (κ3) is 3.07. The van der Waals surface area contributed by atoms with Gasteiger partial charge in [-0.2, -0.15) is 0 Å². The maximum Gasteiger partial charge on any atom is 0.211 e. The number of rotatable bonds is 4. The quantitative estimate of drug-likeness (QED) is 0.869. The summed E-state index contributed by atoms with van der Waals surface area (Å²) < 4.78 is 5.64. The van der Waals surface area contributed by atoms with Crippen molar-refractivity contribution in [2.75, 3.05) is 20.6 Å². The Morgan fingerprint density at radius 3 is 3.12 bits per heavy atom. The Labute approximate surface area is 103 Å². The molecule has 1 aromatic rings. The van der Waals surface area contributed by atoms with Crippen LogP contribution in [0, 0.1) is 0 Å². The van der Waals surface area contributed by atoms with Crippen LogP contribution in [0.15, 0.2) is 10.7 Å². The van der Waals surface area contributed by atoms with Crippen molar-refractivity contribution in [2.24, 2.45) is 0 Å². The summed E-state index contributed by atoms with van der Waals surface area (Å²) in [5, 5.41) is 3.22. The molecule has 0 bridgehead atoms. The molecule has 17 heavy (non-hydrogen) atoms. The second kappa shape index (κ2) is 5.65. The Hall–Kier alpha value is -0.870. The SMILES string of the molecule is CNC(C)Cc1coc(C2CCCCN2C)n1. The van der Waals surface area contributed by atoms with Crippen LogP contribution in [-0.2, 0) is 6.42 Å². The van der Waals surface area contributed by atoms with Crippen LogP contribution in [0.2, 0.25) is 0 Å². The molecule has 2 atom stereocenters. The van der Waals surface area contributed by atoms with Gasteiger partial charge in [-0.05, 0) is 40.4 Å². The van der Waals surface area contributed by atoms with Crippen LogP contribution in [-0.4, -0.2) is 36.6 Å². The molecule has 0 radical (unpaired) electrons. The zero-order valence-electron chi connectivity index (χ0n) is 11.1. The number of hydrogen-bond donors (Lipinski definition) is 1. The van der Waals surface area contributed by atoms with Crippen LogP contribution >= 0.6 is 0 Å². The molecule has 1 N–H and O–H groups in total. The minimum atomic E-state index is 0.377. The maximum absolute atomic E-state index is 5.64. The summed E-state index contributed by atoms with van der Waals surface area (Å²) in [7, 11) is 4.13. The largest absolute Gasteiger partial charge is 0.447 e. The summed E-state index contributed by atoms with van der Waals surface area (Å²) >= 11 is 0. The van der Waals surface area contributed by atoms with E-state index in [0.29, 0.717) is 12.1 Å². The molecule has 0 saturated carbocycles. The molecule has 1 fully saturated rings. The molecule has 4 nitrogen and oxygen atoms in total. The van der Waals surface area contributed by atoms with E-state index in [4.69, 9.17) is 4.42 Å². The van der Waals surface area contributed by atoms with Gasteiger partial charge in [0.25, 0.3) is 0 Å². The Kier molecular flexibility index (Phi) is 4.18. The Balaban J connectivity index is 2.01. The highest BCUT2D eigenvalue weighted by molar-refractivity contribution is 5.02. The minimum absolute atomic E-state index is 0.377. The maximum atomic E-state index is 5.64. The standard InChI is InChI=1S/C13H23N3O/c1-10(14-2)8-11-9-17-13(15-11)12-6-4-5-7-16(12)3/h9-10,12,14H,4-8H2,1-3H3. The second-order valence-corrected chi connectivity index (χ2v) is 5.06.